The van der Waals surface area contributed by atoms with Gasteiger partial charge in [-0.1, -0.05) is 18.2 Å². The highest BCUT2D eigenvalue weighted by atomic mass is 16.3. The number of aromatic hydroxyl groups is 2. The first-order chi connectivity index (χ1) is 8.00. The summed E-state index contributed by atoms with van der Waals surface area (Å²) in [5, 5.41) is 19.9. The Labute approximate surface area is 101 Å². The minimum Gasteiger partial charge on any atom is -0.507 e. The zero-order valence-corrected chi connectivity index (χ0v) is 10.3. The minimum absolute atomic E-state index is 0.201. The third-order valence-corrected chi connectivity index (χ3v) is 3.14. The molecule has 0 aliphatic heterocycles. The summed E-state index contributed by atoms with van der Waals surface area (Å²) in [4.78, 5) is 0. The number of benzene rings is 2. The largest absolute Gasteiger partial charge is 0.507 e. The Morgan fingerprint density at radius 2 is 1.53 bits per heavy atom. The van der Waals surface area contributed by atoms with Crippen LogP contribution in [0.15, 0.2) is 30.3 Å². The Hall–Kier alpha value is -1.96. The summed E-state index contributed by atoms with van der Waals surface area (Å²) in [5.41, 5.74) is 4.47. The maximum atomic E-state index is 9.97. The van der Waals surface area contributed by atoms with E-state index in [4.69, 9.17) is 0 Å². The van der Waals surface area contributed by atoms with Crippen molar-refractivity contribution in [3.63, 3.8) is 0 Å². The van der Waals surface area contributed by atoms with Gasteiger partial charge in [-0.2, -0.15) is 0 Å². The maximum Gasteiger partial charge on any atom is 0.123 e. The van der Waals surface area contributed by atoms with Gasteiger partial charge in [-0.3, -0.25) is 0 Å². The van der Waals surface area contributed by atoms with Crippen LogP contribution in [0.4, 0.5) is 0 Å². The first kappa shape index (κ1) is 11.5. The molecule has 0 radical (unpaired) electrons. The third kappa shape index (κ3) is 1.98. The molecule has 2 aromatic carbocycles. The first-order valence-electron chi connectivity index (χ1n) is 5.60. The minimum atomic E-state index is 0.201. The van der Waals surface area contributed by atoms with Crippen molar-refractivity contribution in [2.45, 2.75) is 20.8 Å². The number of hydrogen-bond acceptors (Lipinski definition) is 2. The predicted octanol–water partition coefficient (Wildman–Crippen LogP) is 3.69. The normalized spacial score (nSPS) is 10.5. The van der Waals surface area contributed by atoms with E-state index < -0.39 is 0 Å². The van der Waals surface area contributed by atoms with Gasteiger partial charge in [0.05, 0.1) is 0 Å². The lowest BCUT2D eigenvalue weighted by Crippen LogP contribution is -1.89. The summed E-state index contributed by atoms with van der Waals surface area (Å²) in [6.45, 7) is 5.86. The second-order valence-electron chi connectivity index (χ2n) is 4.42. The van der Waals surface area contributed by atoms with Gasteiger partial charge >= 0.3 is 0 Å². The van der Waals surface area contributed by atoms with E-state index in [0.717, 1.165) is 16.7 Å². The summed E-state index contributed by atoms with van der Waals surface area (Å²) < 4.78 is 0. The molecule has 0 unspecified atom stereocenters. The molecule has 0 heterocycles. The molecular formula is C15H16O2. The second kappa shape index (κ2) is 4.13. The molecular weight excluding hydrogens is 212 g/mol. The predicted molar refractivity (Wildman–Crippen MR) is 69.4 cm³/mol. The fourth-order valence-electron chi connectivity index (χ4n) is 1.99. The van der Waals surface area contributed by atoms with Crippen LogP contribution < -0.4 is 0 Å². The molecule has 0 aromatic heterocycles. The fraction of sp³-hybridized carbons (Fsp3) is 0.200. The highest BCUT2D eigenvalue weighted by Crippen LogP contribution is 2.39. The number of aryl methyl sites for hydroxylation is 2. The van der Waals surface area contributed by atoms with E-state index in [1.807, 2.05) is 39.0 Å². The van der Waals surface area contributed by atoms with Crippen LogP contribution in [0.1, 0.15) is 16.7 Å². The quantitative estimate of drug-likeness (QED) is 0.781. The SMILES string of the molecule is Cc1ccc(-c2c(O)ccc(C)c2C)c(O)c1. The Kier molecular flexibility index (Phi) is 2.80. The number of phenolic OH excluding ortho intramolecular Hbond substituents is 2. The molecule has 2 N–H and O–H groups in total. The Balaban J connectivity index is 2.72. The molecule has 0 saturated carbocycles. The lowest BCUT2D eigenvalue weighted by Gasteiger charge is -2.13. The number of phenols is 2. The van der Waals surface area contributed by atoms with Gasteiger partial charge in [-0.05, 0) is 49.6 Å². The van der Waals surface area contributed by atoms with Crippen molar-refractivity contribution in [2.75, 3.05) is 0 Å². The molecule has 0 amide bonds. The molecule has 2 rings (SSSR count). The van der Waals surface area contributed by atoms with Crippen LogP contribution in [0, 0.1) is 20.8 Å². The van der Waals surface area contributed by atoms with E-state index in [0.29, 0.717) is 11.1 Å². The molecule has 88 valence electrons. The van der Waals surface area contributed by atoms with Gasteiger partial charge in [0.2, 0.25) is 0 Å². The Bertz CT molecular complexity index is 571. The monoisotopic (exact) mass is 228 g/mol. The highest BCUT2D eigenvalue weighted by Gasteiger charge is 2.13. The summed E-state index contributed by atoms with van der Waals surface area (Å²) >= 11 is 0. The zero-order valence-electron chi connectivity index (χ0n) is 10.3. The summed E-state index contributed by atoms with van der Waals surface area (Å²) in [6, 6.07) is 9.01. The van der Waals surface area contributed by atoms with Gasteiger partial charge in [-0.25, -0.2) is 0 Å². The molecule has 0 spiro atoms. The highest BCUT2D eigenvalue weighted by molar-refractivity contribution is 5.79. The summed E-state index contributed by atoms with van der Waals surface area (Å²) in [6.07, 6.45) is 0. The molecule has 2 aromatic rings. The lowest BCUT2D eigenvalue weighted by atomic mass is 9.95. The van der Waals surface area contributed by atoms with Crippen molar-refractivity contribution in [1.82, 2.24) is 0 Å². The van der Waals surface area contributed by atoms with Crippen molar-refractivity contribution in [2.24, 2.45) is 0 Å². The second-order valence-corrected chi connectivity index (χ2v) is 4.42. The molecule has 0 aliphatic carbocycles. The van der Waals surface area contributed by atoms with Crippen LogP contribution in [-0.2, 0) is 0 Å². The van der Waals surface area contributed by atoms with Crippen LogP contribution in [0.5, 0.6) is 11.5 Å². The van der Waals surface area contributed by atoms with Crippen LogP contribution in [-0.4, -0.2) is 10.2 Å². The van der Waals surface area contributed by atoms with Gasteiger partial charge in [0, 0.05) is 11.1 Å². The third-order valence-electron chi connectivity index (χ3n) is 3.14. The van der Waals surface area contributed by atoms with Gasteiger partial charge in [-0.15, -0.1) is 0 Å². The molecule has 0 atom stereocenters. The van der Waals surface area contributed by atoms with Gasteiger partial charge in [0.15, 0.2) is 0 Å². The van der Waals surface area contributed by atoms with Crippen LogP contribution >= 0.6 is 0 Å². The standard InChI is InChI=1S/C15H16O2/c1-9-4-6-12(14(17)8-9)15-11(3)10(2)5-7-13(15)16/h4-8,16-17H,1-3H3. The zero-order chi connectivity index (χ0) is 12.6. The van der Waals surface area contributed by atoms with Crippen LogP contribution in [0.3, 0.4) is 0 Å². The molecule has 2 heteroatoms. The summed E-state index contributed by atoms with van der Waals surface area (Å²) in [5.74, 6) is 0.404. The first-order valence-corrected chi connectivity index (χ1v) is 5.60. The Morgan fingerprint density at radius 1 is 0.824 bits per heavy atom. The average Bonchev–Trinajstić information content (AvgIpc) is 2.27. The lowest BCUT2D eigenvalue weighted by molar-refractivity contribution is 0.468. The fourth-order valence-corrected chi connectivity index (χ4v) is 1.99. The van der Waals surface area contributed by atoms with E-state index in [2.05, 4.69) is 0 Å². The van der Waals surface area contributed by atoms with Gasteiger partial charge in [0.25, 0.3) is 0 Å². The van der Waals surface area contributed by atoms with Gasteiger partial charge in [0.1, 0.15) is 11.5 Å². The van der Waals surface area contributed by atoms with Crippen molar-refractivity contribution in [3.05, 3.63) is 47.0 Å². The molecule has 0 bridgehead atoms. The van der Waals surface area contributed by atoms with E-state index in [9.17, 15) is 10.2 Å². The van der Waals surface area contributed by atoms with Gasteiger partial charge < -0.3 is 10.2 Å². The van der Waals surface area contributed by atoms with Crippen molar-refractivity contribution in [1.29, 1.82) is 0 Å². The molecule has 0 fully saturated rings. The molecule has 0 saturated heterocycles. The average molecular weight is 228 g/mol. The number of rotatable bonds is 1. The molecule has 2 nitrogen and oxygen atoms in total. The van der Waals surface area contributed by atoms with E-state index in [1.165, 1.54) is 0 Å². The van der Waals surface area contributed by atoms with Crippen molar-refractivity contribution < 1.29 is 10.2 Å². The van der Waals surface area contributed by atoms with Crippen LogP contribution in [0.2, 0.25) is 0 Å². The topological polar surface area (TPSA) is 40.5 Å². The molecule has 0 aliphatic rings. The van der Waals surface area contributed by atoms with E-state index in [1.54, 1.807) is 12.1 Å². The molecule has 17 heavy (non-hydrogen) atoms. The smallest absolute Gasteiger partial charge is 0.123 e. The maximum absolute atomic E-state index is 9.97. The summed E-state index contributed by atoms with van der Waals surface area (Å²) in [7, 11) is 0. The Morgan fingerprint density at radius 3 is 2.18 bits per heavy atom. The number of hydrogen-bond donors (Lipinski definition) is 2. The van der Waals surface area contributed by atoms with Crippen molar-refractivity contribution >= 4 is 0 Å². The van der Waals surface area contributed by atoms with E-state index >= 15 is 0 Å². The van der Waals surface area contributed by atoms with E-state index in [-0.39, 0.29) is 11.5 Å². The van der Waals surface area contributed by atoms with Crippen LogP contribution in [0.25, 0.3) is 11.1 Å². The van der Waals surface area contributed by atoms with Crippen molar-refractivity contribution in [3.8, 4) is 22.6 Å².